The molecule has 1 amide bonds. The Morgan fingerprint density at radius 2 is 1.62 bits per heavy atom. The average Bonchev–Trinajstić information content (AvgIpc) is 3.89. The second-order valence-corrected chi connectivity index (χ2v) is 13.3. The first kappa shape index (κ1) is 33.5. The number of aromatic nitrogens is 4. The number of methoxy groups -OCH3 is 3. The van der Waals surface area contributed by atoms with Crippen molar-refractivity contribution < 1.29 is 19.0 Å². The van der Waals surface area contributed by atoms with Crippen LogP contribution in [0.25, 0.3) is 11.0 Å². The van der Waals surface area contributed by atoms with Crippen molar-refractivity contribution in [3.05, 3.63) is 96.6 Å². The van der Waals surface area contributed by atoms with E-state index in [1.54, 1.807) is 33.5 Å². The van der Waals surface area contributed by atoms with E-state index in [1.165, 1.54) is 11.1 Å². The molecular formula is C39H47N7O4. The summed E-state index contributed by atoms with van der Waals surface area (Å²) in [5.41, 5.74) is 3.90. The van der Waals surface area contributed by atoms with Gasteiger partial charge in [-0.2, -0.15) is 0 Å². The Balaban J connectivity index is 1.06. The lowest BCUT2D eigenvalue weighted by Crippen LogP contribution is -2.39. The molecule has 11 heteroatoms. The lowest BCUT2D eigenvalue weighted by molar-refractivity contribution is 0.0780. The molecule has 0 N–H and O–H groups in total. The van der Waals surface area contributed by atoms with Crippen LogP contribution >= 0.6 is 0 Å². The molecule has 0 radical (unpaired) electrons. The monoisotopic (exact) mass is 677 g/mol. The molecule has 5 aromatic rings. The Labute approximate surface area is 294 Å². The van der Waals surface area contributed by atoms with Crippen LogP contribution in [0, 0.1) is 0 Å². The van der Waals surface area contributed by atoms with Crippen molar-refractivity contribution in [2.75, 3.05) is 72.0 Å². The zero-order valence-corrected chi connectivity index (χ0v) is 29.3. The molecule has 4 heterocycles. The van der Waals surface area contributed by atoms with E-state index in [0.29, 0.717) is 35.9 Å². The van der Waals surface area contributed by atoms with E-state index in [4.69, 9.17) is 19.2 Å². The lowest BCUT2D eigenvalue weighted by Gasteiger charge is -2.33. The molecule has 0 aliphatic carbocycles. The molecule has 2 aromatic heterocycles. The Hall–Kier alpha value is -5.03. The number of hydrogen-bond donors (Lipinski definition) is 0. The quantitative estimate of drug-likeness (QED) is 0.175. The van der Waals surface area contributed by atoms with E-state index in [2.05, 4.69) is 78.5 Å². The number of hydrogen-bond acceptors (Lipinski definition) is 8. The molecule has 2 aliphatic rings. The van der Waals surface area contributed by atoms with Crippen molar-refractivity contribution in [2.24, 2.45) is 0 Å². The van der Waals surface area contributed by atoms with Gasteiger partial charge in [0.1, 0.15) is 0 Å². The molecule has 1 atom stereocenters. The highest BCUT2D eigenvalue weighted by Crippen LogP contribution is 2.41. The molecule has 0 saturated carbocycles. The third-order valence-corrected chi connectivity index (χ3v) is 10.5. The number of nitrogens with zero attached hydrogens (tertiary/aromatic N) is 7. The number of carbonyl (C=O) groups is 1. The first-order valence-corrected chi connectivity index (χ1v) is 17.5. The molecule has 11 nitrogen and oxygen atoms in total. The molecule has 3 aromatic carbocycles. The highest BCUT2D eigenvalue weighted by atomic mass is 16.5. The molecule has 262 valence electrons. The molecule has 0 bridgehead atoms. The molecular weight excluding hydrogens is 630 g/mol. The van der Waals surface area contributed by atoms with Crippen LogP contribution in [-0.4, -0.2) is 102 Å². The van der Waals surface area contributed by atoms with Crippen LogP contribution in [0.4, 0.5) is 5.95 Å². The fraction of sp³-hybridized carbons (Fsp3) is 0.410. The van der Waals surface area contributed by atoms with E-state index in [0.717, 1.165) is 76.5 Å². The maximum absolute atomic E-state index is 14.0. The summed E-state index contributed by atoms with van der Waals surface area (Å²) >= 11 is 0. The summed E-state index contributed by atoms with van der Waals surface area (Å²) in [5, 5.41) is 0. The van der Waals surface area contributed by atoms with Crippen molar-refractivity contribution in [3.8, 4) is 17.2 Å². The van der Waals surface area contributed by atoms with Crippen LogP contribution in [0.2, 0.25) is 0 Å². The highest BCUT2D eigenvalue weighted by molar-refractivity contribution is 5.96. The second-order valence-electron chi connectivity index (χ2n) is 13.3. The lowest BCUT2D eigenvalue weighted by atomic mass is 9.76. The Morgan fingerprint density at radius 1 is 0.840 bits per heavy atom. The number of fused-ring (bicyclic) bond motifs is 1. The molecule has 2 aliphatic heterocycles. The summed E-state index contributed by atoms with van der Waals surface area (Å²) in [6.45, 7) is 7.86. The smallest absolute Gasteiger partial charge is 0.254 e. The van der Waals surface area contributed by atoms with Crippen LogP contribution in [0.15, 0.2) is 85.5 Å². The van der Waals surface area contributed by atoms with Gasteiger partial charge in [0, 0.05) is 69.2 Å². The number of anilines is 1. The summed E-state index contributed by atoms with van der Waals surface area (Å²) in [4.78, 5) is 30.4. The molecule has 2 saturated heterocycles. The minimum absolute atomic E-state index is 0.0246. The number of carbonyl (C=O) groups excluding carboxylic acids is 1. The van der Waals surface area contributed by atoms with Crippen molar-refractivity contribution in [1.29, 1.82) is 0 Å². The number of benzene rings is 3. The van der Waals surface area contributed by atoms with E-state index >= 15 is 0 Å². The topological polar surface area (TPSA) is 90.1 Å². The molecule has 0 spiro atoms. The summed E-state index contributed by atoms with van der Waals surface area (Å²) in [7, 11) is 4.71. The number of amides is 1. The normalized spacial score (nSPS) is 18.4. The van der Waals surface area contributed by atoms with Gasteiger partial charge < -0.3 is 38.0 Å². The molecule has 2 fully saturated rings. The minimum atomic E-state index is -0.134. The second kappa shape index (κ2) is 14.8. The summed E-state index contributed by atoms with van der Waals surface area (Å²) < 4.78 is 21.1. The first-order chi connectivity index (χ1) is 24.5. The number of likely N-dealkylation sites (tertiary alicyclic amines) is 1. The van der Waals surface area contributed by atoms with E-state index < -0.39 is 0 Å². The SMILES string of the molecule is COc1cc(C(=O)N2CCC(CCN3CCCN(c4nc5ccccc5n4CCn4ccnc4)CC3)(c3ccccc3)C2)cc(OC)c1OC. The van der Waals surface area contributed by atoms with Crippen molar-refractivity contribution in [1.82, 2.24) is 28.9 Å². The van der Waals surface area contributed by atoms with Crippen LogP contribution in [0.1, 0.15) is 35.2 Å². The van der Waals surface area contributed by atoms with Crippen molar-refractivity contribution >= 4 is 22.9 Å². The highest BCUT2D eigenvalue weighted by Gasteiger charge is 2.42. The van der Waals surface area contributed by atoms with E-state index in [-0.39, 0.29) is 11.3 Å². The van der Waals surface area contributed by atoms with Gasteiger partial charge in [0.05, 0.1) is 38.7 Å². The third kappa shape index (κ3) is 6.74. The zero-order chi connectivity index (χ0) is 34.5. The number of ether oxygens (including phenoxy) is 3. The summed E-state index contributed by atoms with van der Waals surface area (Å²) in [6, 6.07) is 22.7. The minimum Gasteiger partial charge on any atom is -0.493 e. The number of para-hydroxylation sites is 2. The van der Waals surface area contributed by atoms with E-state index in [1.807, 2.05) is 23.6 Å². The van der Waals surface area contributed by atoms with E-state index in [9.17, 15) is 4.79 Å². The van der Waals surface area contributed by atoms with Gasteiger partial charge in [-0.25, -0.2) is 9.97 Å². The number of aryl methyl sites for hydroxylation is 2. The summed E-state index contributed by atoms with van der Waals surface area (Å²) in [5.74, 6) is 2.46. The van der Waals surface area contributed by atoms with Crippen LogP contribution in [0.3, 0.4) is 0 Å². The molecule has 1 unspecified atom stereocenters. The largest absolute Gasteiger partial charge is 0.493 e. The van der Waals surface area contributed by atoms with Gasteiger partial charge in [-0.15, -0.1) is 0 Å². The van der Waals surface area contributed by atoms with Gasteiger partial charge in [-0.3, -0.25) is 4.79 Å². The van der Waals surface area contributed by atoms with Crippen LogP contribution < -0.4 is 19.1 Å². The van der Waals surface area contributed by atoms with Crippen LogP contribution in [-0.2, 0) is 18.5 Å². The fourth-order valence-corrected chi connectivity index (χ4v) is 7.73. The maximum Gasteiger partial charge on any atom is 0.254 e. The first-order valence-electron chi connectivity index (χ1n) is 17.5. The van der Waals surface area contributed by atoms with Gasteiger partial charge in [0.2, 0.25) is 11.7 Å². The van der Waals surface area contributed by atoms with Crippen LogP contribution in [0.5, 0.6) is 17.2 Å². The number of rotatable bonds is 12. The van der Waals surface area contributed by atoms with Gasteiger partial charge in [0.25, 0.3) is 5.91 Å². The van der Waals surface area contributed by atoms with Gasteiger partial charge in [-0.1, -0.05) is 42.5 Å². The number of imidazole rings is 2. The Bertz CT molecular complexity index is 1870. The Morgan fingerprint density at radius 3 is 2.36 bits per heavy atom. The summed E-state index contributed by atoms with van der Waals surface area (Å²) in [6.07, 6.45) is 8.66. The third-order valence-electron chi connectivity index (χ3n) is 10.5. The molecule has 7 rings (SSSR count). The Kier molecular flexibility index (Phi) is 9.93. The fourth-order valence-electron chi connectivity index (χ4n) is 7.73. The molecule has 50 heavy (non-hydrogen) atoms. The van der Waals surface area contributed by atoms with Crippen molar-refractivity contribution in [3.63, 3.8) is 0 Å². The van der Waals surface area contributed by atoms with Gasteiger partial charge in [0.15, 0.2) is 11.5 Å². The standard InChI is InChI=1S/C39H47N7O4/c1-48-34-26-30(27-35(49-2)36(34)50-3)37(47)45-20-15-39(28-45,31-10-5-4-6-11-31)14-19-42-17-9-18-44(24-22-42)38-41-32-12-7-8-13-33(32)46(38)25-23-43-21-16-40-29-43/h4-8,10-13,16,21,26-27,29H,9,14-15,17-20,22-25,28H2,1-3H3. The predicted molar refractivity (Wildman–Crippen MR) is 195 cm³/mol. The van der Waals surface area contributed by atoms with Gasteiger partial charge in [-0.05, 0) is 62.2 Å². The van der Waals surface area contributed by atoms with Gasteiger partial charge >= 0.3 is 0 Å². The van der Waals surface area contributed by atoms with Crippen molar-refractivity contribution in [2.45, 2.75) is 37.8 Å². The predicted octanol–water partition coefficient (Wildman–Crippen LogP) is 5.35. The zero-order valence-electron chi connectivity index (χ0n) is 29.3. The average molecular weight is 678 g/mol. The maximum atomic E-state index is 14.0.